The summed E-state index contributed by atoms with van der Waals surface area (Å²) in [5.41, 5.74) is 1.56. The van der Waals surface area contributed by atoms with E-state index < -0.39 is 0 Å². The number of hydrogen-bond donors (Lipinski definition) is 2. The first-order valence-corrected chi connectivity index (χ1v) is 6.91. The van der Waals surface area contributed by atoms with Gasteiger partial charge in [-0.2, -0.15) is 0 Å². The van der Waals surface area contributed by atoms with E-state index in [1.54, 1.807) is 37.4 Å². The topological polar surface area (TPSA) is 63.2 Å². The molecule has 2 rings (SSSR count). The van der Waals surface area contributed by atoms with E-state index >= 15 is 0 Å². The lowest BCUT2D eigenvalue weighted by Gasteiger charge is -2.09. The van der Waals surface area contributed by atoms with E-state index in [2.05, 4.69) is 15.6 Å². The molecule has 22 heavy (non-hydrogen) atoms. The lowest BCUT2D eigenvalue weighted by Crippen LogP contribution is -2.27. The highest BCUT2D eigenvalue weighted by Crippen LogP contribution is 2.12. The van der Waals surface area contributed by atoms with E-state index in [1.165, 1.54) is 12.3 Å². The van der Waals surface area contributed by atoms with Crippen LogP contribution in [-0.4, -0.2) is 31.2 Å². The number of methoxy groups -OCH3 is 1. The smallest absolute Gasteiger partial charge is 0.270 e. The van der Waals surface area contributed by atoms with Crippen LogP contribution in [0.4, 0.5) is 10.1 Å². The van der Waals surface area contributed by atoms with Gasteiger partial charge in [0, 0.05) is 37.6 Å². The predicted molar refractivity (Wildman–Crippen MR) is 82.2 cm³/mol. The Morgan fingerprint density at radius 1 is 1.32 bits per heavy atom. The van der Waals surface area contributed by atoms with Crippen LogP contribution >= 0.6 is 0 Å². The number of halogens is 1. The SMILES string of the molecule is COCCNC(=O)c1cc(NCc2ccccc2F)ccn1. The van der Waals surface area contributed by atoms with Crippen LogP contribution in [0.5, 0.6) is 0 Å². The van der Waals surface area contributed by atoms with Gasteiger partial charge in [0.1, 0.15) is 11.5 Å². The van der Waals surface area contributed by atoms with E-state index in [0.717, 1.165) is 0 Å². The van der Waals surface area contributed by atoms with Gasteiger partial charge in [0.25, 0.3) is 5.91 Å². The number of amides is 1. The molecule has 0 aliphatic heterocycles. The average Bonchev–Trinajstić information content (AvgIpc) is 2.54. The van der Waals surface area contributed by atoms with Crippen molar-refractivity contribution in [3.63, 3.8) is 0 Å². The van der Waals surface area contributed by atoms with Gasteiger partial charge in [0.05, 0.1) is 6.61 Å². The Hall–Kier alpha value is -2.47. The molecule has 0 radical (unpaired) electrons. The van der Waals surface area contributed by atoms with E-state index in [9.17, 15) is 9.18 Å². The second-order valence-electron chi connectivity index (χ2n) is 4.62. The number of anilines is 1. The normalized spacial score (nSPS) is 10.3. The Bertz CT molecular complexity index is 634. The molecule has 2 N–H and O–H groups in total. The van der Waals surface area contributed by atoms with E-state index in [4.69, 9.17) is 4.74 Å². The van der Waals surface area contributed by atoms with Crippen molar-refractivity contribution in [2.75, 3.05) is 25.6 Å². The van der Waals surface area contributed by atoms with Gasteiger partial charge in [0.2, 0.25) is 0 Å². The largest absolute Gasteiger partial charge is 0.383 e. The standard InChI is InChI=1S/C16H18FN3O2/c1-22-9-8-19-16(21)15-10-13(6-7-18-15)20-11-12-4-2-3-5-14(12)17/h2-7,10H,8-9,11H2,1H3,(H,18,20)(H,19,21). The molecule has 0 atom stereocenters. The van der Waals surface area contributed by atoms with Gasteiger partial charge in [-0.25, -0.2) is 4.39 Å². The highest BCUT2D eigenvalue weighted by Gasteiger charge is 2.07. The average molecular weight is 303 g/mol. The molecule has 1 aromatic carbocycles. The molecule has 5 nitrogen and oxygen atoms in total. The lowest BCUT2D eigenvalue weighted by molar-refractivity contribution is 0.0932. The monoisotopic (exact) mass is 303 g/mol. The minimum Gasteiger partial charge on any atom is -0.383 e. The van der Waals surface area contributed by atoms with Crippen LogP contribution in [0.15, 0.2) is 42.6 Å². The van der Waals surface area contributed by atoms with Crippen molar-refractivity contribution in [2.45, 2.75) is 6.54 Å². The predicted octanol–water partition coefficient (Wildman–Crippen LogP) is 2.21. The second-order valence-corrected chi connectivity index (χ2v) is 4.62. The molecule has 0 saturated heterocycles. The number of carbonyl (C=O) groups excluding carboxylic acids is 1. The van der Waals surface area contributed by atoms with Crippen LogP contribution in [0.25, 0.3) is 0 Å². The first kappa shape index (κ1) is 15.9. The van der Waals surface area contributed by atoms with E-state index in [1.807, 2.05) is 0 Å². The maximum atomic E-state index is 13.5. The summed E-state index contributed by atoms with van der Waals surface area (Å²) in [7, 11) is 1.57. The van der Waals surface area contributed by atoms with Crippen LogP contribution in [0.3, 0.4) is 0 Å². The third-order valence-electron chi connectivity index (χ3n) is 3.03. The first-order valence-electron chi connectivity index (χ1n) is 6.91. The number of pyridine rings is 1. The zero-order valence-electron chi connectivity index (χ0n) is 12.3. The van der Waals surface area contributed by atoms with Crippen molar-refractivity contribution < 1.29 is 13.9 Å². The summed E-state index contributed by atoms with van der Waals surface area (Å²) in [6.07, 6.45) is 1.54. The molecule has 1 heterocycles. The Labute approximate surface area is 128 Å². The molecular weight excluding hydrogens is 285 g/mol. The van der Waals surface area contributed by atoms with Crippen molar-refractivity contribution in [3.05, 3.63) is 59.7 Å². The van der Waals surface area contributed by atoms with Crippen LogP contribution in [-0.2, 0) is 11.3 Å². The molecule has 0 aliphatic rings. The highest BCUT2D eigenvalue weighted by molar-refractivity contribution is 5.93. The van der Waals surface area contributed by atoms with Crippen molar-refractivity contribution in [1.29, 1.82) is 0 Å². The van der Waals surface area contributed by atoms with Gasteiger partial charge >= 0.3 is 0 Å². The second kappa shape index (κ2) is 8.09. The number of rotatable bonds is 7. The van der Waals surface area contributed by atoms with Gasteiger partial charge in [-0.1, -0.05) is 18.2 Å². The van der Waals surface area contributed by atoms with E-state index in [-0.39, 0.29) is 11.7 Å². The van der Waals surface area contributed by atoms with Crippen molar-refractivity contribution in [3.8, 4) is 0 Å². The lowest BCUT2D eigenvalue weighted by atomic mass is 10.2. The number of benzene rings is 1. The fraction of sp³-hybridized carbons (Fsp3) is 0.250. The number of ether oxygens (including phenoxy) is 1. The van der Waals surface area contributed by atoms with Crippen molar-refractivity contribution in [1.82, 2.24) is 10.3 Å². The van der Waals surface area contributed by atoms with Crippen LogP contribution in [0.2, 0.25) is 0 Å². The number of carbonyl (C=O) groups is 1. The van der Waals surface area contributed by atoms with Crippen LogP contribution < -0.4 is 10.6 Å². The molecular formula is C16H18FN3O2. The Morgan fingerprint density at radius 3 is 2.91 bits per heavy atom. The quantitative estimate of drug-likeness (QED) is 0.770. The van der Waals surface area contributed by atoms with Gasteiger partial charge in [-0.15, -0.1) is 0 Å². The zero-order valence-corrected chi connectivity index (χ0v) is 12.3. The molecule has 0 bridgehead atoms. The maximum Gasteiger partial charge on any atom is 0.270 e. The molecule has 1 aromatic heterocycles. The molecule has 0 unspecified atom stereocenters. The molecule has 0 aliphatic carbocycles. The molecule has 2 aromatic rings. The van der Waals surface area contributed by atoms with Crippen LogP contribution in [0, 0.1) is 5.82 Å². The number of aromatic nitrogens is 1. The van der Waals surface area contributed by atoms with E-state index in [0.29, 0.717) is 36.6 Å². The fourth-order valence-electron chi connectivity index (χ4n) is 1.86. The Balaban J connectivity index is 1.96. The maximum absolute atomic E-state index is 13.5. The molecule has 116 valence electrons. The number of nitrogens with zero attached hydrogens (tertiary/aromatic N) is 1. The summed E-state index contributed by atoms with van der Waals surface area (Å²) in [6, 6.07) is 9.91. The van der Waals surface area contributed by atoms with Gasteiger partial charge in [-0.05, 0) is 18.2 Å². The summed E-state index contributed by atoms with van der Waals surface area (Å²) in [5, 5.41) is 5.78. The van der Waals surface area contributed by atoms with Crippen molar-refractivity contribution >= 4 is 11.6 Å². The Kier molecular flexibility index (Phi) is 5.85. The molecule has 0 fully saturated rings. The molecule has 1 amide bonds. The van der Waals surface area contributed by atoms with Crippen LogP contribution in [0.1, 0.15) is 16.1 Å². The summed E-state index contributed by atoms with van der Waals surface area (Å²) in [6.45, 7) is 1.20. The van der Waals surface area contributed by atoms with Gasteiger partial charge < -0.3 is 15.4 Å². The summed E-state index contributed by atoms with van der Waals surface area (Å²) in [5.74, 6) is -0.534. The molecule has 0 saturated carbocycles. The van der Waals surface area contributed by atoms with Gasteiger partial charge in [0.15, 0.2) is 0 Å². The Morgan fingerprint density at radius 2 is 2.14 bits per heavy atom. The number of hydrogen-bond acceptors (Lipinski definition) is 4. The minimum absolute atomic E-state index is 0.262. The summed E-state index contributed by atoms with van der Waals surface area (Å²) in [4.78, 5) is 15.9. The summed E-state index contributed by atoms with van der Waals surface area (Å²) < 4.78 is 18.4. The number of nitrogens with one attached hydrogen (secondary N) is 2. The summed E-state index contributed by atoms with van der Waals surface area (Å²) >= 11 is 0. The first-order chi connectivity index (χ1) is 10.7. The zero-order chi connectivity index (χ0) is 15.8. The third-order valence-corrected chi connectivity index (χ3v) is 3.03. The van der Waals surface area contributed by atoms with Gasteiger partial charge in [-0.3, -0.25) is 9.78 Å². The molecule has 0 spiro atoms. The molecule has 6 heteroatoms. The third kappa shape index (κ3) is 4.53. The fourth-order valence-corrected chi connectivity index (χ4v) is 1.86. The minimum atomic E-state index is -0.272. The van der Waals surface area contributed by atoms with Crippen molar-refractivity contribution in [2.24, 2.45) is 0 Å². The highest BCUT2D eigenvalue weighted by atomic mass is 19.1.